The lowest BCUT2D eigenvalue weighted by Crippen LogP contribution is -2.33. The third-order valence-electron chi connectivity index (χ3n) is 3.29. The number of carbonyl (C=O) groups excluding carboxylic acids is 1. The highest BCUT2D eigenvalue weighted by molar-refractivity contribution is 7.17. The fourth-order valence-corrected chi connectivity index (χ4v) is 2.87. The summed E-state index contributed by atoms with van der Waals surface area (Å²) in [4.78, 5) is 32.6. The smallest absolute Gasteiger partial charge is 0.268 e. The van der Waals surface area contributed by atoms with E-state index in [0.29, 0.717) is 30.0 Å². The molecule has 0 aliphatic heterocycles. The largest absolute Gasteiger partial charge is 0.343 e. The number of carbonyl (C=O) groups is 1. The fraction of sp³-hybridized carbons (Fsp3) is 0.500. The normalized spacial score (nSPS) is 11.0. The van der Waals surface area contributed by atoms with Crippen LogP contribution in [0.4, 0.5) is 0 Å². The Kier molecular flexibility index (Phi) is 5.46. The van der Waals surface area contributed by atoms with E-state index < -0.39 is 0 Å². The van der Waals surface area contributed by atoms with Crippen molar-refractivity contribution in [1.82, 2.24) is 20.2 Å². The van der Waals surface area contributed by atoms with E-state index in [4.69, 9.17) is 0 Å². The Morgan fingerprint density at radius 1 is 1.43 bits per heavy atom. The van der Waals surface area contributed by atoms with Gasteiger partial charge in [0.1, 0.15) is 10.5 Å². The number of H-pyrrole nitrogens is 1. The van der Waals surface area contributed by atoms with Crippen molar-refractivity contribution in [2.24, 2.45) is 0 Å². The molecule has 0 bridgehead atoms. The standard InChI is InChI=1S/C14H20N4O2S/c1-3-18(4-2)12(19)5-7-15-9-11-16-10-6-8-21-13(10)14(20)17-11/h6,8,15H,3-5,7,9H2,1-2H3,(H,16,17,20). The van der Waals surface area contributed by atoms with Gasteiger partial charge < -0.3 is 15.2 Å². The number of nitrogens with one attached hydrogen (secondary N) is 2. The average Bonchev–Trinajstić information content (AvgIpc) is 2.94. The van der Waals surface area contributed by atoms with Crippen LogP contribution < -0.4 is 10.9 Å². The van der Waals surface area contributed by atoms with E-state index in [2.05, 4.69) is 15.3 Å². The first kappa shape index (κ1) is 15.7. The lowest BCUT2D eigenvalue weighted by Gasteiger charge is -2.18. The summed E-state index contributed by atoms with van der Waals surface area (Å²) in [6.45, 7) is 6.43. The molecular weight excluding hydrogens is 288 g/mol. The van der Waals surface area contributed by atoms with Gasteiger partial charge in [0.2, 0.25) is 5.91 Å². The summed E-state index contributed by atoms with van der Waals surface area (Å²) in [5, 5.41) is 5.00. The van der Waals surface area contributed by atoms with Crippen LogP contribution in [0.5, 0.6) is 0 Å². The van der Waals surface area contributed by atoms with Crippen LogP contribution in [0.25, 0.3) is 10.2 Å². The monoisotopic (exact) mass is 308 g/mol. The van der Waals surface area contributed by atoms with Gasteiger partial charge in [-0.05, 0) is 25.3 Å². The number of aromatic nitrogens is 2. The van der Waals surface area contributed by atoms with Gasteiger partial charge in [-0.2, -0.15) is 0 Å². The summed E-state index contributed by atoms with van der Waals surface area (Å²) in [5.74, 6) is 0.739. The van der Waals surface area contributed by atoms with Crippen molar-refractivity contribution in [1.29, 1.82) is 0 Å². The van der Waals surface area contributed by atoms with Crippen molar-refractivity contribution >= 4 is 27.5 Å². The predicted octanol–water partition coefficient (Wildman–Crippen LogP) is 1.33. The molecule has 7 heteroatoms. The molecule has 2 rings (SSSR count). The quantitative estimate of drug-likeness (QED) is 0.757. The highest BCUT2D eigenvalue weighted by atomic mass is 32.1. The van der Waals surface area contributed by atoms with Gasteiger partial charge in [-0.3, -0.25) is 9.59 Å². The Morgan fingerprint density at radius 2 is 2.19 bits per heavy atom. The Morgan fingerprint density at radius 3 is 2.90 bits per heavy atom. The minimum absolute atomic E-state index is 0.106. The Hall–Kier alpha value is -1.73. The molecule has 0 unspecified atom stereocenters. The van der Waals surface area contributed by atoms with Gasteiger partial charge >= 0.3 is 0 Å². The molecule has 0 saturated heterocycles. The topological polar surface area (TPSA) is 78.1 Å². The lowest BCUT2D eigenvalue weighted by molar-refractivity contribution is -0.130. The molecule has 2 heterocycles. The minimum Gasteiger partial charge on any atom is -0.343 e. The van der Waals surface area contributed by atoms with E-state index in [0.717, 1.165) is 18.6 Å². The van der Waals surface area contributed by atoms with Crippen LogP contribution in [0.2, 0.25) is 0 Å². The van der Waals surface area contributed by atoms with Crippen LogP contribution in [0, 0.1) is 0 Å². The van der Waals surface area contributed by atoms with Crippen molar-refractivity contribution in [3.8, 4) is 0 Å². The van der Waals surface area contributed by atoms with E-state index in [-0.39, 0.29) is 11.5 Å². The van der Waals surface area contributed by atoms with Crippen LogP contribution in [-0.2, 0) is 11.3 Å². The average molecular weight is 308 g/mol. The predicted molar refractivity (Wildman–Crippen MR) is 84.5 cm³/mol. The van der Waals surface area contributed by atoms with Crippen molar-refractivity contribution in [3.63, 3.8) is 0 Å². The Bertz CT molecular complexity index is 660. The van der Waals surface area contributed by atoms with E-state index >= 15 is 0 Å². The number of amides is 1. The maximum absolute atomic E-state index is 11.8. The molecule has 6 nitrogen and oxygen atoms in total. The van der Waals surface area contributed by atoms with E-state index in [9.17, 15) is 9.59 Å². The second-order valence-corrected chi connectivity index (χ2v) is 5.56. The number of aromatic amines is 1. The molecule has 0 radical (unpaired) electrons. The van der Waals surface area contributed by atoms with Crippen LogP contribution in [0.1, 0.15) is 26.1 Å². The van der Waals surface area contributed by atoms with E-state index in [1.807, 2.05) is 25.3 Å². The molecule has 2 aromatic rings. The zero-order valence-corrected chi connectivity index (χ0v) is 13.1. The SMILES string of the molecule is CCN(CC)C(=O)CCNCc1nc2ccsc2c(=O)[nH]1. The molecule has 0 spiro atoms. The van der Waals surface area contributed by atoms with Crippen LogP contribution in [0.3, 0.4) is 0 Å². The maximum Gasteiger partial charge on any atom is 0.268 e. The van der Waals surface area contributed by atoms with Crippen molar-refractivity contribution in [3.05, 3.63) is 27.6 Å². The van der Waals surface area contributed by atoms with Crippen LogP contribution in [0.15, 0.2) is 16.2 Å². The van der Waals surface area contributed by atoms with Gasteiger partial charge in [-0.1, -0.05) is 0 Å². The number of thiophene rings is 1. The van der Waals surface area contributed by atoms with Crippen molar-refractivity contribution < 1.29 is 4.79 Å². The minimum atomic E-state index is -0.106. The molecule has 0 aliphatic carbocycles. The molecule has 2 N–H and O–H groups in total. The van der Waals surface area contributed by atoms with Gasteiger partial charge in [0, 0.05) is 26.1 Å². The lowest BCUT2D eigenvalue weighted by atomic mass is 10.3. The molecule has 114 valence electrons. The number of rotatable bonds is 7. The van der Waals surface area contributed by atoms with Gasteiger partial charge in [0.05, 0.1) is 12.1 Å². The maximum atomic E-state index is 11.8. The summed E-state index contributed by atoms with van der Waals surface area (Å²) in [7, 11) is 0. The molecular formula is C14H20N4O2S. The second-order valence-electron chi connectivity index (χ2n) is 4.64. The summed E-state index contributed by atoms with van der Waals surface area (Å²) < 4.78 is 0.649. The van der Waals surface area contributed by atoms with E-state index in [1.165, 1.54) is 11.3 Å². The van der Waals surface area contributed by atoms with E-state index in [1.54, 1.807) is 4.90 Å². The zero-order valence-electron chi connectivity index (χ0n) is 12.3. The third kappa shape index (κ3) is 3.89. The molecule has 0 fully saturated rings. The number of hydrogen-bond acceptors (Lipinski definition) is 5. The van der Waals surface area contributed by atoms with Gasteiger partial charge in [-0.25, -0.2) is 4.98 Å². The molecule has 2 aromatic heterocycles. The molecule has 1 amide bonds. The molecule has 0 aliphatic rings. The summed E-state index contributed by atoms with van der Waals surface area (Å²) >= 11 is 1.39. The Labute approximate surface area is 127 Å². The van der Waals surface area contributed by atoms with Crippen LogP contribution >= 0.6 is 11.3 Å². The highest BCUT2D eigenvalue weighted by Gasteiger charge is 2.09. The third-order valence-corrected chi connectivity index (χ3v) is 4.19. The summed E-state index contributed by atoms with van der Waals surface area (Å²) in [5.41, 5.74) is 0.616. The first-order valence-corrected chi connectivity index (χ1v) is 7.98. The van der Waals surface area contributed by atoms with Crippen molar-refractivity contribution in [2.45, 2.75) is 26.8 Å². The van der Waals surface area contributed by atoms with Crippen molar-refractivity contribution in [2.75, 3.05) is 19.6 Å². The summed E-state index contributed by atoms with van der Waals surface area (Å²) in [6.07, 6.45) is 0.451. The molecule has 21 heavy (non-hydrogen) atoms. The zero-order chi connectivity index (χ0) is 15.2. The highest BCUT2D eigenvalue weighted by Crippen LogP contribution is 2.13. The number of hydrogen-bond donors (Lipinski definition) is 2. The molecule has 0 aromatic carbocycles. The molecule has 0 atom stereocenters. The Balaban J connectivity index is 1.85. The van der Waals surface area contributed by atoms with Gasteiger partial charge in [-0.15, -0.1) is 11.3 Å². The van der Waals surface area contributed by atoms with Crippen LogP contribution in [-0.4, -0.2) is 40.4 Å². The van der Waals surface area contributed by atoms with Gasteiger partial charge in [0.15, 0.2) is 0 Å². The van der Waals surface area contributed by atoms with Gasteiger partial charge in [0.25, 0.3) is 5.56 Å². The molecule has 0 saturated carbocycles. The second kappa shape index (κ2) is 7.33. The first-order valence-electron chi connectivity index (χ1n) is 7.10. The first-order chi connectivity index (χ1) is 10.2. The fourth-order valence-electron chi connectivity index (χ4n) is 2.14. The number of fused-ring (bicyclic) bond motifs is 1. The summed E-state index contributed by atoms with van der Waals surface area (Å²) in [6, 6.07) is 1.84. The number of nitrogens with zero attached hydrogens (tertiary/aromatic N) is 2.